The van der Waals surface area contributed by atoms with Gasteiger partial charge in [0, 0.05) is 6.42 Å². The lowest BCUT2D eigenvalue weighted by Crippen LogP contribution is -2.04. The second-order valence-corrected chi connectivity index (χ2v) is 4.30. The molecule has 0 aliphatic rings. The maximum absolute atomic E-state index is 11.3. The van der Waals surface area contributed by atoms with E-state index in [4.69, 9.17) is 9.53 Å². The van der Waals surface area contributed by atoms with E-state index in [2.05, 4.69) is 9.99 Å². The topological polar surface area (TPSA) is 52.6 Å². The summed E-state index contributed by atoms with van der Waals surface area (Å²) >= 11 is 1.48. The van der Waals surface area contributed by atoms with Gasteiger partial charge in [-0.2, -0.15) is 0 Å². The molecule has 1 aromatic rings. The van der Waals surface area contributed by atoms with Crippen molar-refractivity contribution in [3.63, 3.8) is 0 Å². The van der Waals surface area contributed by atoms with Crippen molar-refractivity contribution in [2.45, 2.75) is 39.2 Å². The number of hydrogen-bond acceptors (Lipinski definition) is 4. The highest BCUT2D eigenvalue weighted by Crippen LogP contribution is 2.04. The van der Waals surface area contributed by atoms with Crippen LogP contribution < -0.4 is 0 Å². The second-order valence-electron chi connectivity index (χ2n) is 3.79. The third kappa shape index (κ3) is 11.7. The number of halogens is 1. The minimum Gasteiger partial charge on any atom is -0.461 e. The molecule has 0 aromatic heterocycles. The first-order chi connectivity index (χ1) is 9.24. The van der Waals surface area contributed by atoms with Crippen molar-refractivity contribution >= 4 is 35.4 Å². The van der Waals surface area contributed by atoms with Crippen LogP contribution >= 0.6 is 23.0 Å². The Bertz CT molecular complexity index is 341. The van der Waals surface area contributed by atoms with Crippen LogP contribution in [0.2, 0.25) is 0 Å². The lowest BCUT2D eigenvalue weighted by molar-refractivity contribution is -0.145. The Balaban J connectivity index is 0.000000711. The molecule has 0 atom stereocenters. The third-order valence-electron chi connectivity index (χ3n) is 2.26. The van der Waals surface area contributed by atoms with E-state index >= 15 is 0 Å². The van der Waals surface area contributed by atoms with Crippen molar-refractivity contribution in [1.82, 2.24) is 0 Å². The van der Waals surface area contributed by atoms with E-state index in [0.29, 0.717) is 19.5 Å². The van der Waals surface area contributed by atoms with Gasteiger partial charge in [0.25, 0.3) is 0 Å². The van der Waals surface area contributed by atoms with Crippen LogP contribution in [0, 0.1) is 0 Å². The smallest absolute Gasteiger partial charge is 0.306 e. The van der Waals surface area contributed by atoms with Gasteiger partial charge in [0.1, 0.15) is 6.61 Å². The van der Waals surface area contributed by atoms with Crippen molar-refractivity contribution in [2.24, 2.45) is 0 Å². The van der Waals surface area contributed by atoms with Crippen molar-refractivity contribution < 1.29 is 17.4 Å². The highest BCUT2D eigenvalue weighted by atomic mass is 127. The minimum absolute atomic E-state index is 0.0905. The van der Waals surface area contributed by atoms with Gasteiger partial charge < -0.3 is 7.80 Å². The molecule has 0 saturated heterocycles. The predicted octanol–water partition coefficient (Wildman–Crippen LogP) is 3.82. The lowest BCUT2D eigenvalue weighted by Gasteiger charge is -2.04. The molecule has 0 heterocycles. The molecular weight excluding hydrogens is 359 g/mol. The van der Waals surface area contributed by atoms with Gasteiger partial charge in [-0.1, -0.05) is 50.1 Å². The fourth-order valence-corrected chi connectivity index (χ4v) is 1.33. The summed E-state index contributed by atoms with van der Waals surface area (Å²) in [5, 5.41) is 0. The SMILES string of the molecule is CCCCCC(=O)OCc1ccccc1.O=COI. The predicted molar refractivity (Wildman–Crippen MR) is 81.5 cm³/mol. The van der Waals surface area contributed by atoms with Gasteiger partial charge in [-0.05, 0) is 12.0 Å². The van der Waals surface area contributed by atoms with E-state index in [1.165, 1.54) is 23.0 Å². The zero-order valence-corrected chi connectivity index (χ0v) is 13.2. The normalized spacial score (nSPS) is 8.95. The summed E-state index contributed by atoms with van der Waals surface area (Å²) in [6.07, 6.45) is 3.71. The van der Waals surface area contributed by atoms with Crippen molar-refractivity contribution in [3.8, 4) is 0 Å². The first-order valence-corrected chi connectivity index (χ1v) is 7.03. The van der Waals surface area contributed by atoms with Gasteiger partial charge in [-0.25, -0.2) is 0 Å². The van der Waals surface area contributed by atoms with Crippen molar-refractivity contribution in [3.05, 3.63) is 35.9 Å². The van der Waals surface area contributed by atoms with Crippen molar-refractivity contribution in [1.29, 1.82) is 0 Å². The Labute approximate surface area is 128 Å². The zero-order chi connectivity index (χ0) is 14.3. The summed E-state index contributed by atoms with van der Waals surface area (Å²) in [5.74, 6) is -0.0905. The second kappa shape index (κ2) is 13.3. The number of unbranched alkanes of at least 4 members (excludes halogenated alkanes) is 2. The molecule has 0 fully saturated rings. The summed E-state index contributed by atoms with van der Waals surface area (Å²) in [4.78, 5) is 20.2. The lowest BCUT2D eigenvalue weighted by atomic mass is 10.2. The standard InChI is InChI=1S/C13H18O2.CHIO2/c1-2-3-5-10-13(14)15-11-12-8-6-4-7-9-12;2-4-1-3/h4,6-9H,2-3,5,10-11H2,1H3;1H. The van der Waals surface area contributed by atoms with Gasteiger partial charge >= 0.3 is 12.4 Å². The number of hydrogen-bond donors (Lipinski definition) is 0. The van der Waals surface area contributed by atoms with Crippen LogP contribution in [0.4, 0.5) is 0 Å². The van der Waals surface area contributed by atoms with Gasteiger partial charge in [-0.3, -0.25) is 9.59 Å². The molecule has 0 saturated carbocycles. The fourth-order valence-electron chi connectivity index (χ4n) is 1.33. The van der Waals surface area contributed by atoms with E-state index < -0.39 is 0 Å². The summed E-state index contributed by atoms with van der Waals surface area (Å²) in [6, 6.07) is 9.76. The summed E-state index contributed by atoms with van der Waals surface area (Å²) in [7, 11) is 0. The van der Waals surface area contributed by atoms with Crippen LogP contribution in [0.15, 0.2) is 30.3 Å². The van der Waals surface area contributed by atoms with Crippen LogP contribution in [0.25, 0.3) is 0 Å². The Morgan fingerprint density at radius 2 is 1.89 bits per heavy atom. The maximum atomic E-state index is 11.3. The Hall–Kier alpha value is -1.11. The van der Waals surface area contributed by atoms with Gasteiger partial charge in [-0.15, -0.1) is 0 Å². The van der Waals surface area contributed by atoms with Crippen LogP contribution in [0.1, 0.15) is 38.2 Å². The Kier molecular flexibility index (Phi) is 12.5. The maximum Gasteiger partial charge on any atom is 0.306 e. The number of carbonyl (C=O) groups is 2. The largest absolute Gasteiger partial charge is 0.461 e. The van der Waals surface area contributed by atoms with Crippen LogP contribution in [-0.2, 0) is 24.0 Å². The highest BCUT2D eigenvalue weighted by molar-refractivity contribution is 14.1. The highest BCUT2D eigenvalue weighted by Gasteiger charge is 2.02. The van der Waals surface area contributed by atoms with Crippen LogP contribution in [0.3, 0.4) is 0 Å². The van der Waals surface area contributed by atoms with E-state index in [9.17, 15) is 4.79 Å². The van der Waals surface area contributed by atoms with E-state index in [-0.39, 0.29) is 5.97 Å². The van der Waals surface area contributed by atoms with E-state index in [1.807, 2.05) is 30.3 Å². The molecule has 0 aliphatic carbocycles. The molecule has 4 nitrogen and oxygen atoms in total. The quantitative estimate of drug-likeness (QED) is 0.313. The third-order valence-corrected chi connectivity index (χ3v) is 2.47. The average molecular weight is 378 g/mol. The average Bonchev–Trinajstić information content (AvgIpc) is 2.47. The fraction of sp³-hybridized carbons (Fsp3) is 0.429. The molecule has 5 heteroatoms. The number of esters is 1. The first-order valence-electron chi connectivity index (χ1n) is 6.15. The Morgan fingerprint density at radius 3 is 2.42 bits per heavy atom. The molecule has 0 amide bonds. The van der Waals surface area contributed by atoms with Crippen LogP contribution in [-0.4, -0.2) is 12.4 Å². The van der Waals surface area contributed by atoms with Crippen molar-refractivity contribution in [2.75, 3.05) is 0 Å². The summed E-state index contributed by atoms with van der Waals surface area (Å²) < 4.78 is 8.97. The number of carbonyl (C=O) groups excluding carboxylic acids is 2. The molecule has 0 bridgehead atoms. The molecule has 106 valence electrons. The number of benzene rings is 1. The van der Waals surface area contributed by atoms with Gasteiger partial charge in [0.15, 0.2) is 23.0 Å². The van der Waals surface area contributed by atoms with E-state index in [0.717, 1.165) is 24.8 Å². The van der Waals surface area contributed by atoms with Crippen LogP contribution in [0.5, 0.6) is 0 Å². The molecule has 0 N–H and O–H groups in total. The van der Waals surface area contributed by atoms with Gasteiger partial charge in [0.2, 0.25) is 0 Å². The van der Waals surface area contributed by atoms with Gasteiger partial charge in [0.05, 0.1) is 0 Å². The molecule has 19 heavy (non-hydrogen) atoms. The molecule has 0 radical (unpaired) electrons. The molecule has 0 unspecified atom stereocenters. The molecule has 1 rings (SSSR count). The number of rotatable bonds is 7. The molecule has 1 aromatic carbocycles. The summed E-state index contributed by atoms with van der Waals surface area (Å²) in [6.45, 7) is 2.88. The van der Waals surface area contributed by atoms with E-state index in [1.54, 1.807) is 0 Å². The monoisotopic (exact) mass is 378 g/mol. The Morgan fingerprint density at radius 1 is 1.26 bits per heavy atom. The molecule has 0 spiro atoms. The first kappa shape index (κ1) is 17.9. The molecular formula is C14H19IO4. The summed E-state index contributed by atoms with van der Waals surface area (Å²) in [5.41, 5.74) is 1.04. The molecule has 0 aliphatic heterocycles. The number of ether oxygens (including phenoxy) is 1. The minimum atomic E-state index is -0.0905. The zero-order valence-electron chi connectivity index (χ0n) is 11.0.